The predicted molar refractivity (Wildman–Crippen MR) is 113 cm³/mol. The van der Waals surface area contributed by atoms with Gasteiger partial charge in [-0.05, 0) is 37.0 Å². The minimum Gasteiger partial charge on any atom is -0.376 e. The van der Waals surface area contributed by atoms with Gasteiger partial charge in [0, 0.05) is 45.8 Å². The van der Waals surface area contributed by atoms with Crippen LogP contribution in [-0.4, -0.2) is 66.4 Å². The minimum absolute atomic E-state index is 0.230. The zero-order valence-corrected chi connectivity index (χ0v) is 16.8. The lowest BCUT2D eigenvalue weighted by Crippen LogP contribution is -2.49. The molecule has 1 atom stereocenters. The van der Waals surface area contributed by atoms with Crippen molar-refractivity contribution in [2.75, 3.05) is 49.5 Å². The molecule has 1 unspecified atom stereocenters. The van der Waals surface area contributed by atoms with Gasteiger partial charge in [-0.3, -0.25) is 4.79 Å². The second-order valence-electron chi connectivity index (χ2n) is 7.65. The van der Waals surface area contributed by atoms with E-state index in [4.69, 9.17) is 4.74 Å². The van der Waals surface area contributed by atoms with Crippen molar-refractivity contribution >= 4 is 17.5 Å². The van der Waals surface area contributed by atoms with Gasteiger partial charge in [0.1, 0.15) is 5.82 Å². The van der Waals surface area contributed by atoms with Crippen molar-refractivity contribution in [3.63, 3.8) is 0 Å². The van der Waals surface area contributed by atoms with Crippen molar-refractivity contribution in [2.45, 2.75) is 31.8 Å². The average Bonchev–Trinajstić information content (AvgIpc) is 3.31. The Morgan fingerprint density at radius 3 is 2.59 bits per heavy atom. The van der Waals surface area contributed by atoms with E-state index in [2.05, 4.69) is 32.5 Å². The van der Waals surface area contributed by atoms with E-state index in [9.17, 15) is 4.79 Å². The molecule has 154 valence electrons. The molecule has 2 aliphatic heterocycles. The van der Waals surface area contributed by atoms with Gasteiger partial charge in [-0.15, -0.1) is 10.2 Å². The number of amides is 1. The Morgan fingerprint density at radius 2 is 1.90 bits per heavy atom. The number of nitrogens with zero attached hydrogens (tertiary/aromatic N) is 4. The van der Waals surface area contributed by atoms with E-state index in [0.717, 1.165) is 70.2 Å². The number of carbonyl (C=O) groups excluding carboxylic acids is 1. The van der Waals surface area contributed by atoms with Gasteiger partial charge in [0.2, 0.25) is 5.91 Å². The van der Waals surface area contributed by atoms with Crippen molar-refractivity contribution in [3.8, 4) is 0 Å². The number of carbonyl (C=O) groups is 1. The van der Waals surface area contributed by atoms with Crippen molar-refractivity contribution < 1.29 is 9.53 Å². The lowest BCUT2D eigenvalue weighted by atomic mass is 10.1. The van der Waals surface area contributed by atoms with Crippen molar-refractivity contribution in [1.82, 2.24) is 15.1 Å². The summed E-state index contributed by atoms with van der Waals surface area (Å²) in [7, 11) is 0. The number of anilines is 2. The molecule has 7 nitrogen and oxygen atoms in total. The number of rotatable bonds is 7. The zero-order valence-electron chi connectivity index (χ0n) is 16.8. The van der Waals surface area contributed by atoms with Crippen LogP contribution in [-0.2, 0) is 16.0 Å². The summed E-state index contributed by atoms with van der Waals surface area (Å²) in [6, 6.07) is 14.1. The summed E-state index contributed by atoms with van der Waals surface area (Å²) in [6.45, 7) is 4.67. The van der Waals surface area contributed by atoms with Gasteiger partial charge in [-0.25, -0.2) is 0 Å². The quantitative estimate of drug-likeness (QED) is 0.776. The minimum atomic E-state index is 0.230. The Kier molecular flexibility index (Phi) is 6.56. The summed E-state index contributed by atoms with van der Waals surface area (Å²) in [5.41, 5.74) is 1.21. The van der Waals surface area contributed by atoms with Crippen LogP contribution in [0.15, 0.2) is 42.5 Å². The summed E-state index contributed by atoms with van der Waals surface area (Å²) in [5, 5.41) is 12.0. The Morgan fingerprint density at radius 1 is 1.07 bits per heavy atom. The van der Waals surface area contributed by atoms with E-state index >= 15 is 0 Å². The topological polar surface area (TPSA) is 70.6 Å². The molecular formula is C22H29N5O2. The first-order valence-corrected chi connectivity index (χ1v) is 10.5. The number of piperazine rings is 1. The number of ether oxygens (including phenoxy) is 1. The second kappa shape index (κ2) is 9.69. The highest BCUT2D eigenvalue weighted by molar-refractivity contribution is 5.76. The van der Waals surface area contributed by atoms with Crippen LogP contribution in [0.5, 0.6) is 0 Å². The third-order valence-electron chi connectivity index (χ3n) is 5.61. The zero-order chi connectivity index (χ0) is 19.9. The molecule has 0 radical (unpaired) electrons. The molecule has 1 amide bonds. The van der Waals surface area contributed by atoms with E-state index < -0.39 is 0 Å². The van der Waals surface area contributed by atoms with Crippen LogP contribution in [0.2, 0.25) is 0 Å². The summed E-state index contributed by atoms with van der Waals surface area (Å²) in [6.07, 6.45) is 3.88. The van der Waals surface area contributed by atoms with E-state index in [1.165, 1.54) is 5.56 Å². The predicted octanol–water partition coefficient (Wildman–Crippen LogP) is 2.35. The number of hydrogen-bond donors (Lipinski definition) is 1. The first-order chi connectivity index (χ1) is 14.3. The Bertz CT molecular complexity index is 770. The van der Waals surface area contributed by atoms with Crippen molar-refractivity contribution in [3.05, 3.63) is 48.0 Å². The molecule has 1 N–H and O–H groups in total. The van der Waals surface area contributed by atoms with Crippen LogP contribution in [0.4, 0.5) is 11.6 Å². The third-order valence-corrected chi connectivity index (χ3v) is 5.61. The molecule has 3 heterocycles. The maximum absolute atomic E-state index is 12.5. The molecule has 2 aromatic rings. The SMILES string of the molecule is O=C(CCc1ccccc1)N1CCN(c2ccc(NCC3CCCO3)nn2)CC1. The lowest BCUT2D eigenvalue weighted by Gasteiger charge is -2.35. The molecule has 4 rings (SSSR count). The normalized spacial score (nSPS) is 19.4. The largest absolute Gasteiger partial charge is 0.376 e. The van der Waals surface area contributed by atoms with Crippen LogP contribution in [0.25, 0.3) is 0 Å². The highest BCUT2D eigenvalue weighted by Crippen LogP contribution is 2.16. The summed E-state index contributed by atoms with van der Waals surface area (Å²) in [4.78, 5) is 16.7. The number of benzene rings is 1. The van der Waals surface area contributed by atoms with E-state index in [-0.39, 0.29) is 12.0 Å². The molecule has 2 aliphatic rings. The molecule has 0 aliphatic carbocycles. The fourth-order valence-corrected chi connectivity index (χ4v) is 3.85. The molecule has 0 saturated carbocycles. The third kappa shape index (κ3) is 5.44. The first kappa shape index (κ1) is 19.6. The van der Waals surface area contributed by atoms with Gasteiger partial charge in [0.05, 0.1) is 6.10 Å². The summed E-state index contributed by atoms with van der Waals surface area (Å²) >= 11 is 0. The van der Waals surface area contributed by atoms with Gasteiger partial charge in [0.25, 0.3) is 0 Å². The summed E-state index contributed by atoms with van der Waals surface area (Å²) < 4.78 is 5.61. The molecule has 2 saturated heterocycles. The standard InChI is InChI=1S/C22H29N5O2/c28-22(11-8-18-5-2-1-3-6-18)27-14-12-26(13-15-27)21-10-9-20(24-25-21)23-17-19-7-4-16-29-19/h1-3,5-6,9-10,19H,4,7-8,11-17H2,(H,23,24). The van der Waals surface area contributed by atoms with Crippen molar-refractivity contribution in [2.24, 2.45) is 0 Å². The molecule has 2 fully saturated rings. The first-order valence-electron chi connectivity index (χ1n) is 10.5. The van der Waals surface area contributed by atoms with Gasteiger partial charge < -0.3 is 19.9 Å². The van der Waals surface area contributed by atoms with Crippen LogP contribution in [0, 0.1) is 0 Å². The summed E-state index contributed by atoms with van der Waals surface area (Å²) in [5.74, 6) is 1.87. The number of aromatic nitrogens is 2. The van der Waals surface area contributed by atoms with Gasteiger partial charge in [0.15, 0.2) is 5.82 Å². The Hall–Kier alpha value is -2.67. The van der Waals surface area contributed by atoms with Crippen LogP contribution >= 0.6 is 0 Å². The number of nitrogens with one attached hydrogen (secondary N) is 1. The van der Waals surface area contributed by atoms with Gasteiger partial charge in [-0.2, -0.15) is 0 Å². The molecule has 1 aromatic carbocycles. The van der Waals surface area contributed by atoms with Crippen molar-refractivity contribution in [1.29, 1.82) is 0 Å². The monoisotopic (exact) mass is 395 g/mol. The van der Waals surface area contributed by atoms with Crippen LogP contribution in [0.3, 0.4) is 0 Å². The fourth-order valence-electron chi connectivity index (χ4n) is 3.85. The second-order valence-corrected chi connectivity index (χ2v) is 7.65. The molecule has 7 heteroatoms. The lowest BCUT2D eigenvalue weighted by molar-refractivity contribution is -0.131. The molecule has 29 heavy (non-hydrogen) atoms. The van der Waals surface area contributed by atoms with Crippen LogP contribution in [0.1, 0.15) is 24.8 Å². The molecule has 0 bridgehead atoms. The van der Waals surface area contributed by atoms with E-state index in [1.807, 2.05) is 35.2 Å². The van der Waals surface area contributed by atoms with Gasteiger partial charge in [-0.1, -0.05) is 30.3 Å². The Balaban J connectivity index is 1.21. The highest BCUT2D eigenvalue weighted by atomic mass is 16.5. The Labute approximate surface area is 172 Å². The molecule has 0 spiro atoms. The fraction of sp³-hybridized carbons (Fsp3) is 0.500. The average molecular weight is 396 g/mol. The molecular weight excluding hydrogens is 366 g/mol. The van der Waals surface area contributed by atoms with E-state index in [1.54, 1.807) is 0 Å². The maximum Gasteiger partial charge on any atom is 0.223 e. The van der Waals surface area contributed by atoms with E-state index in [0.29, 0.717) is 6.42 Å². The maximum atomic E-state index is 12.5. The highest BCUT2D eigenvalue weighted by Gasteiger charge is 2.22. The van der Waals surface area contributed by atoms with Gasteiger partial charge >= 0.3 is 0 Å². The number of hydrogen-bond acceptors (Lipinski definition) is 6. The smallest absolute Gasteiger partial charge is 0.223 e. The van der Waals surface area contributed by atoms with Crippen LogP contribution < -0.4 is 10.2 Å². The molecule has 1 aromatic heterocycles. The number of aryl methyl sites for hydroxylation is 1.